The number of ether oxygens (including phenoxy) is 2. The molecule has 0 heterocycles. The molecule has 0 radical (unpaired) electrons. The van der Waals surface area contributed by atoms with Gasteiger partial charge >= 0.3 is 0 Å². The van der Waals surface area contributed by atoms with Gasteiger partial charge < -0.3 is 14.4 Å². The predicted octanol–water partition coefficient (Wildman–Crippen LogP) is 1.30. The van der Waals surface area contributed by atoms with E-state index in [2.05, 4.69) is 0 Å². The van der Waals surface area contributed by atoms with Crippen LogP contribution in [0.2, 0.25) is 0 Å². The molecule has 0 saturated carbocycles. The van der Waals surface area contributed by atoms with E-state index < -0.39 is 0 Å². The molecule has 15 heavy (non-hydrogen) atoms. The highest BCUT2D eigenvalue weighted by molar-refractivity contribution is 5.75. The van der Waals surface area contributed by atoms with Crippen molar-refractivity contribution in [3.8, 4) is 0 Å². The van der Waals surface area contributed by atoms with Crippen LogP contribution in [0, 0.1) is 0 Å². The molecule has 4 nitrogen and oxygen atoms in total. The zero-order valence-corrected chi connectivity index (χ0v) is 10.1. The van der Waals surface area contributed by atoms with Crippen LogP contribution in [0.4, 0.5) is 0 Å². The van der Waals surface area contributed by atoms with E-state index in [1.807, 2.05) is 20.8 Å². The number of amides is 1. The molecule has 0 N–H and O–H groups in total. The van der Waals surface area contributed by atoms with Gasteiger partial charge in [0.1, 0.15) is 0 Å². The lowest BCUT2D eigenvalue weighted by Gasteiger charge is -2.21. The summed E-state index contributed by atoms with van der Waals surface area (Å²) in [6, 6.07) is 0. The molecule has 90 valence electrons. The summed E-state index contributed by atoms with van der Waals surface area (Å²) in [6.07, 6.45) is 0.540. The summed E-state index contributed by atoms with van der Waals surface area (Å²) in [5.41, 5.74) is 0. The molecule has 0 aromatic rings. The fraction of sp³-hybridized carbons (Fsp3) is 0.909. The first kappa shape index (κ1) is 14.4. The van der Waals surface area contributed by atoms with Crippen LogP contribution in [-0.2, 0) is 14.3 Å². The molecule has 0 rings (SSSR count). The Balaban J connectivity index is 3.79. The smallest absolute Gasteiger partial charge is 0.222 e. The van der Waals surface area contributed by atoms with E-state index in [-0.39, 0.29) is 5.91 Å². The van der Waals surface area contributed by atoms with Gasteiger partial charge in [-0.15, -0.1) is 0 Å². The lowest BCUT2D eigenvalue weighted by molar-refractivity contribution is -0.132. The molecule has 0 spiro atoms. The number of hydrogen-bond acceptors (Lipinski definition) is 3. The third-order valence-electron chi connectivity index (χ3n) is 2.07. The quantitative estimate of drug-likeness (QED) is 0.546. The monoisotopic (exact) mass is 217 g/mol. The number of carbonyl (C=O) groups is 1. The van der Waals surface area contributed by atoms with Crippen LogP contribution >= 0.6 is 0 Å². The molecule has 0 saturated heterocycles. The molecule has 0 aromatic heterocycles. The first-order chi connectivity index (χ1) is 7.26. The third-order valence-corrected chi connectivity index (χ3v) is 2.07. The average Bonchev–Trinajstić information content (AvgIpc) is 2.26. The molecule has 0 unspecified atom stereocenters. The molecule has 0 fully saturated rings. The SMILES string of the molecule is CCOCCN(CCOCC)C(=O)CC. The van der Waals surface area contributed by atoms with Gasteiger partial charge in [0.15, 0.2) is 0 Å². The minimum atomic E-state index is 0.161. The largest absolute Gasteiger partial charge is 0.380 e. The molecular weight excluding hydrogens is 194 g/mol. The van der Waals surface area contributed by atoms with Crippen molar-refractivity contribution in [2.75, 3.05) is 39.5 Å². The topological polar surface area (TPSA) is 38.8 Å². The van der Waals surface area contributed by atoms with Gasteiger partial charge in [0, 0.05) is 32.7 Å². The zero-order chi connectivity index (χ0) is 11.5. The van der Waals surface area contributed by atoms with E-state index in [4.69, 9.17) is 9.47 Å². The summed E-state index contributed by atoms with van der Waals surface area (Å²) in [5.74, 6) is 0.161. The highest BCUT2D eigenvalue weighted by Crippen LogP contribution is 1.94. The Morgan fingerprint density at radius 3 is 1.80 bits per heavy atom. The average molecular weight is 217 g/mol. The summed E-state index contributed by atoms with van der Waals surface area (Å²) < 4.78 is 10.5. The Hall–Kier alpha value is -0.610. The second-order valence-electron chi connectivity index (χ2n) is 3.13. The molecular formula is C11H23NO3. The second kappa shape index (κ2) is 9.93. The fourth-order valence-electron chi connectivity index (χ4n) is 1.22. The van der Waals surface area contributed by atoms with Gasteiger partial charge in [-0.25, -0.2) is 0 Å². The molecule has 0 bridgehead atoms. The summed E-state index contributed by atoms with van der Waals surface area (Å²) >= 11 is 0. The van der Waals surface area contributed by atoms with E-state index >= 15 is 0 Å². The van der Waals surface area contributed by atoms with E-state index in [9.17, 15) is 4.79 Å². The third kappa shape index (κ3) is 7.33. The lowest BCUT2D eigenvalue weighted by atomic mass is 10.4. The molecule has 0 aliphatic carbocycles. The van der Waals surface area contributed by atoms with Crippen LogP contribution in [0.25, 0.3) is 0 Å². The fourth-order valence-corrected chi connectivity index (χ4v) is 1.22. The Morgan fingerprint density at radius 2 is 1.47 bits per heavy atom. The Labute approximate surface area is 92.5 Å². The second-order valence-corrected chi connectivity index (χ2v) is 3.13. The van der Waals surface area contributed by atoms with Gasteiger partial charge in [-0.05, 0) is 13.8 Å². The van der Waals surface area contributed by atoms with E-state index in [0.29, 0.717) is 45.9 Å². The zero-order valence-electron chi connectivity index (χ0n) is 10.1. The molecule has 0 atom stereocenters. The van der Waals surface area contributed by atoms with Crippen molar-refractivity contribution in [3.05, 3.63) is 0 Å². The molecule has 1 amide bonds. The van der Waals surface area contributed by atoms with Crippen LogP contribution in [0.5, 0.6) is 0 Å². The molecule has 0 aliphatic heterocycles. The van der Waals surface area contributed by atoms with E-state index in [1.165, 1.54) is 0 Å². The maximum absolute atomic E-state index is 11.5. The Kier molecular flexibility index (Phi) is 9.52. The minimum Gasteiger partial charge on any atom is -0.380 e. The minimum absolute atomic E-state index is 0.161. The Morgan fingerprint density at radius 1 is 1.00 bits per heavy atom. The van der Waals surface area contributed by atoms with E-state index in [0.717, 1.165) is 0 Å². The predicted molar refractivity (Wildman–Crippen MR) is 59.9 cm³/mol. The van der Waals surface area contributed by atoms with Gasteiger partial charge in [0.2, 0.25) is 5.91 Å². The van der Waals surface area contributed by atoms with Crippen LogP contribution < -0.4 is 0 Å². The van der Waals surface area contributed by atoms with Crippen LogP contribution in [0.15, 0.2) is 0 Å². The number of carbonyl (C=O) groups excluding carboxylic acids is 1. The summed E-state index contributed by atoms with van der Waals surface area (Å²) in [5, 5.41) is 0. The maximum atomic E-state index is 11.5. The van der Waals surface area contributed by atoms with Crippen LogP contribution in [0.3, 0.4) is 0 Å². The highest BCUT2D eigenvalue weighted by Gasteiger charge is 2.10. The van der Waals surface area contributed by atoms with Crippen molar-refractivity contribution >= 4 is 5.91 Å². The van der Waals surface area contributed by atoms with Crippen molar-refractivity contribution < 1.29 is 14.3 Å². The first-order valence-electron chi connectivity index (χ1n) is 5.69. The highest BCUT2D eigenvalue weighted by atomic mass is 16.5. The van der Waals surface area contributed by atoms with Gasteiger partial charge in [-0.1, -0.05) is 6.92 Å². The summed E-state index contributed by atoms with van der Waals surface area (Å²) in [7, 11) is 0. The summed E-state index contributed by atoms with van der Waals surface area (Å²) in [4.78, 5) is 13.3. The number of hydrogen-bond donors (Lipinski definition) is 0. The van der Waals surface area contributed by atoms with Crippen molar-refractivity contribution in [2.24, 2.45) is 0 Å². The van der Waals surface area contributed by atoms with Gasteiger partial charge in [0.25, 0.3) is 0 Å². The van der Waals surface area contributed by atoms with Gasteiger partial charge in [-0.3, -0.25) is 4.79 Å². The molecule has 4 heteroatoms. The van der Waals surface area contributed by atoms with Crippen molar-refractivity contribution in [2.45, 2.75) is 27.2 Å². The maximum Gasteiger partial charge on any atom is 0.222 e. The molecule has 0 aliphatic rings. The van der Waals surface area contributed by atoms with Crippen molar-refractivity contribution in [1.29, 1.82) is 0 Å². The van der Waals surface area contributed by atoms with Crippen LogP contribution in [-0.4, -0.2) is 50.3 Å². The van der Waals surface area contributed by atoms with Crippen molar-refractivity contribution in [1.82, 2.24) is 4.90 Å². The number of nitrogens with zero attached hydrogens (tertiary/aromatic N) is 1. The van der Waals surface area contributed by atoms with E-state index in [1.54, 1.807) is 4.90 Å². The molecule has 0 aromatic carbocycles. The van der Waals surface area contributed by atoms with Gasteiger partial charge in [-0.2, -0.15) is 0 Å². The van der Waals surface area contributed by atoms with Gasteiger partial charge in [0.05, 0.1) is 13.2 Å². The Bertz CT molecular complexity index is 152. The number of rotatable bonds is 9. The lowest BCUT2D eigenvalue weighted by Crippen LogP contribution is -2.36. The van der Waals surface area contributed by atoms with Crippen LogP contribution in [0.1, 0.15) is 27.2 Å². The standard InChI is InChI=1S/C11H23NO3/c1-4-11(13)12(7-9-14-5-2)8-10-15-6-3/h4-10H2,1-3H3. The first-order valence-corrected chi connectivity index (χ1v) is 5.69. The summed E-state index contributed by atoms with van der Waals surface area (Å²) in [6.45, 7) is 9.69. The van der Waals surface area contributed by atoms with Crippen molar-refractivity contribution in [3.63, 3.8) is 0 Å². The normalized spacial score (nSPS) is 10.3.